The third-order valence-corrected chi connectivity index (χ3v) is 5.82. The molecule has 0 saturated heterocycles. The van der Waals surface area contributed by atoms with Gasteiger partial charge in [-0.25, -0.2) is 0 Å². The number of rotatable bonds is 1. The third-order valence-electron chi connectivity index (χ3n) is 2.50. The van der Waals surface area contributed by atoms with E-state index in [1.807, 2.05) is 6.07 Å². The van der Waals surface area contributed by atoms with E-state index in [4.69, 9.17) is 0 Å². The molecule has 14 heavy (non-hydrogen) atoms. The first-order chi connectivity index (χ1) is 6.52. The summed E-state index contributed by atoms with van der Waals surface area (Å²) in [4.78, 5) is 10.5. The summed E-state index contributed by atoms with van der Waals surface area (Å²) >= 11 is 0.266. The Morgan fingerprint density at radius 3 is 2.86 bits per heavy atom. The number of benzene rings is 1. The molecule has 2 rings (SSSR count). The van der Waals surface area contributed by atoms with Crippen molar-refractivity contribution in [2.45, 2.75) is 24.6 Å². The molecule has 0 fully saturated rings. The van der Waals surface area contributed by atoms with Crippen LogP contribution in [0.3, 0.4) is 0 Å². The Morgan fingerprint density at radius 1 is 1.50 bits per heavy atom. The Kier molecular flexibility index (Phi) is 2.13. The molecule has 0 amide bonds. The van der Waals surface area contributed by atoms with Gasteiger partial charge in [0, 0.05) is 0 Å². The van der Waals surface area contributed by atoms with Crippen molar-refractivity contribution in [2.24, 2.45) is 0 Å². The van der Waals surface area contributed by atoms with Gasteiger partial charge in [-0.15, -0.1) is 0 Å². The van der Waals surface area contributed by atoms with Gasteiger partial charge in [0.1, 0.15) is 0 Å². The SMILES string of the molecule is CC1(C)C[Se]c2c([N+](=O)[O-])cccc21. The van der Waals surface area contributed by atoms with E-state index >= 15 is 0 Å². The van der Waals surface area contributed by atoms with Crippen LogP contribution in [0.5, 0.6) is 0 Å². The predicted molar refractivity (Wildman–Crippen MR) is 56.3 cm³/mol. The molecule has 0 unspecified atom stereocenters. The van der Waals surface area contributed by atoms with E-state index < -0.39 is 0 Å². The predicted octanol–water partition coefficient (Wildman–Crippen LogP) is 1.63. The van der Waals surface area contributed by atoms with Gasteiger partial charge in [-0.05, 0) is 0 Å². The van der Waals surface area contributed by atoms with Crippen molar-refractivity contribution in [3.05, 3.63) is 33.9 Å². The Labute approximate surface area is 88.8 Å². The molecule has 0 N–H and O–H groups in total. The summed E-state index contributed by atoms with van der Waals surface area (Å²) in [7, 11) is 0. The number of nitro benzene ring substituents is 1. The molecule has 1 aromatic carbocycles. The zero-order chi connectivity index (χ0) is 10.3. The zero-order valence-electron chi connectivity index (χ0n) is 8.11. The molecule has 74 valence electrons. The maximum absolute atomic E-state index is 10.8. The molecule has 1 aromatic rings. The first-order valence-corrected chi connectivity index (χ1v) is 6.50. The van der Waals surface area contributed by atoms with Crippen LogP contribution >= 0.6 is 0 Å². The molecule has 0 saturated carbocycles. The standard InChI is InChI=1S/C10H11NO2Se/c1-10(2)6-14-9-7(10)4-3-5-8(9)11(12)13/h3-5H,6H2,1-2H3. The fraction of sp³-hybridized carbons (Fsp3) is 0.400. The normalized spacial score (nSPS) is 17.9. The Balaban J connectivity index is 2.61. The van der Waals surface area contributed by atoms with Gasteiger partial charge in [0.25, 0.3) is 0 Å². The molecule has 0 aromatic heterocycles. The first kappa shape index (κ1) is 9.69. The van der Waals surface area contributed by atoms with Crippen molar-refractivity contribution in [1.29, 1.82) is 0 Å². The van der Waals surface area contributed by atoms with Gasteiger partial charge < -0.3 is 0 Å². The number of nitrogens with zero attached hydrogens (tertiary/aromatic N) is 1. The molecule has 0 radical (unpaired) electrons. The van der Waals surface area contributed by atoms with E-state index in [1.54, 1.807) is 12.1 Å². The van der Waals surface area contributed by atoms with E-state index in [1.165, 1.54) is 5.56 Å². The number of hydrogen-bond acceptors (Lipinski definition) is 2. The quantitative estimate of drug-likeness (QED) is 0.435. The minimum atomic E-state index is -0.262. The fourth-order valence-electron chi connectivity index (χ4n) is 1.68. The molecule has 1 aliphatic rings. The number of fused-ring (bicyclic) bond motifs is 1. The summed E-state index contributed by atoms with van der Waals surface area (Å²) < 4.78 is 0.995. The summed E-state index contributed by atoms with van der Waals surface area (Å²) in [6.07, 6.45) is 0. The van der Waals surface area contributed by atoms with Crippen molar-refractivity contribution in [2.75, 3.05) is 0 Å². The van der Waals surface area contributed by atoms with E-state index in [0.717, 1.165) is 9.78 Å². The van der Waals surface area contributed by atoms with Crippen LogP contribution in [0.25, 0.3) is 0 Å². The molecular formula is C10H11NO2Se. The molecule has 0 aliphatic carbocycles. The fourth-order valence-corrected chi connectivity index (χ4v) is 4.73. The van der Waals surface area contributed by atoms with Crippen LogP contribution in [-0.4, -0.2) is 19.9 Å². The van der Waals surface area contributed by atoms with Gasteiger partial charge in [-0.2, -0.15) is 0 Å². The second kappa shape index (κ2) is 3.07. The van der Waals surface area contributed by atoms with Crippen LogP contribution in [0.2, 0.25) is 5.32 Å². The van der Waals surface area contributed by atoms with E-state index in [2.05, 4.69) is 13.8 Å². The van der Waals surface area contributed by atoms with Crippen LogP contribution < -0.4 is 4.46 Å². The summed E-state index contributed by atoms with van der Waals surface area (Å²) in [5, 5.41) is 11.9. The minimum absolute atomic E-state index is 0.126. The summed E-state index contributed by atoms with van der Waals surface area (Å²) in [6.45, 7) is 4.31. The molecule has 3 nitrogen and oxygen atoms in total. The summed E-state index contributed by atoms with van der Waals surface area (Å²) in [6, 6.07) is 5.43. The number of hydrogen-bond donors (Lipinski definition) is 0. The Bertz CT molecular complexity index is 401. The van der Waals surface area contributed by atoms with E-state index in [9.17, 15) is 10.1 Å². The average molecular weight is 256 g/mol. The molecule has 0 bridgehead atoms. The molecule has 0 spiro atoms. The van der Waals surface area contributed by atoms with Crippen molar-refractivity contribution < 1.29 is 4.92 Å². The van der Waals surface area contributed by atoms with Gasteiger partial charge in [0.05, 0.1) is 0 Å². The maximum atomic E-state index is 10.8. The molecule has 4 heteroatoms. The van der Waals surface area contributed by atoms with Gasteiger partial charge in [0.15, 0.2) is 0 Å². The molecular weight excluding hydrogens is 245 g/mol. The van der Waals surface area contributed by atoms with Crippen LogP contribution in [0, 0.1) is 10.1 Å². The van der Waals surface area contributed by atoms with E-state index in [-0.39, 0.29) is 25.3 Å². The topological polar surface area (TPSA) is 43.1 Å². The number of nitro groups is 1. The molecule has 1 aliphatic heterocycles. The monoisotopic (exact) mass is 257 g/mol. The Hall–Kier alpha value is -0.861. The van der Waals surface area contributed by atoms with Gasteiger partial charge in [0.2, 0.25) is 0 Å². The van der Waals surface area contributed by atoms with E-state index in [0.29, 0.717) is 5.69 Å². The third kappa shape index (κ3) is 1.35. The molecule has 0 atom stereocenters. The van der Waals surface area contributed by atoms with Crippen molar-refractivity contribution >= 4 is 25.1 Å². The van der Waals surface area contributed by atoms with Crippen LogP contribution in [0.4, 0.5) is 5.69 Å². The molecule has 1 heterocycles. The van der Waals surface area contributed by atoms with Gasteiger partial charge in [-0.1, -0.05) is 0 Å². The Morgan fingerprint density at radius 2 is 2.21 bits per heavy atom. The van der Waals surface area contributed by atoms with Crippen molar-refractivity contribution in [3.63, 3.8) is 0 Å². The zero-order valence-corrected chi connectivity index (χ0v) is 9.82. The van der Waals surface area contributed by atoms with Crippen LogP contribution in [-0.2, 0) is 5.41 Å². The van der Waals surface area contributed by atoms with Crippen molar-refractivity contribution in [1.82, 2.24) is 0 Å². The van der Waals surface area contributed by atoms with Crippen LogP contribution in [0.15, 0.2) is 18.2 Å². The average Bonchev–Trinajstić information content (AvgIpc) is 2.42. The first-order valence-electron chi connectivity index (χ1n) is 4.43. The van der Waals surface area contributed by atoms with Crippen molar-refractivity contribution in [3.8, 4) is 0 Å². The van der Waals surface area contributed by atoms with Gasteiger partial charge in [-0.3, -0.25) is 0 Å². The second-order valence-corrected chi connectivity index (χ2v) is 6.15. The van der Waals surface area contributed by atoms with Gasteiger partial charge >= 0.3 is 88.5 Å². The summed E-state index contributed by atoms with van der Waals surface area (Å²) in [5.74, 6) is 0. The summed E-state index contributed by atoms with van der Waals surface area (Å²) in [5.41, 5.74) is 1.61. The van der Waals surface area contributed by atoms with Crippen LogP contribution in [0.1, 0.15) is 19.4 Å². The second-order valence-electron chi connectivity index (χ2n) is 4.08.